The van der Waals surface area contributed by atoms with Crippen LogP contribution in [0.2, 0.25) is 0 Å². The Balaban J connectivity index is 0.000000123. The number of hydrogen-bond acceptors (Lipinski definition) is 6. The first-order valence-electron chi connectivity index (χ1n) is 22.3. The zero-order chi connectivity index (χ0) is 37.3. The number of fused-ring (bicyclic) bond motifs is 10. The minimum Gasteiger partial charge on any atom is -0.381 e. The molecule has 10 rings (SSSR count). The molecular weight excluding hydrogens is 649 g/mol. The van der Waals surface area contributed by atoms with E-state index in [1.54, 1.807) is 0 Å². The first kappa shape index (κ1) is 42.9. The molecule has 0 aromatic rings. The summed E-state index contributed by atoms with van der Waals surface area (Å²) in [6.07, 6.45) is 13.7. The molecule has 4 bridgehead atoms. The highest BCUT2D eigenvalue weighted by Crippen LogP contribution is 2.58. The van der Waals surface area contributed by atoms with Crippen LogP contribution in [0.3, 0.4) is 0 Å². The van der Waals surface area contributed by atoms with Crippen LogP contribution in [0.15, 0.2) is 0 Å². The molecule has 6 nitrogen and oxygen atoms in total. The Morgan fingerprint density at radius 3 is 1.35 bits per heavy atom. The van der Waals surface area contributed by atoms with E-state index in [4.69, 9.17) is 28.4 Å². The summed E-state index contributed by atoms with van der Waals surface area (Å²) in [6, 6.07) is 0. The molecule has 0 amide bonds. The quantitative estimate of drug-likeness (QED) is 0.247. The second kappa shape index (κ2) is 20.3. The van der Waals surface area contributed by atoms with Crippen molar-refractivity contribution >= 4 is 0 Å². The summed E-state index contributed by atoms with van der Waals surface area (Å²) < 4.78 is 31.8. The lowest BCUT2D eigenvalue weighted by Gasteiger charge is -2.37. The van der Waals surface area contributed by atoms with Gasteiger partial charge in [-0.05, 0) is 152 Å². The van der Waals surface area contributed by atoms with Crippen molar-refractivity contribution in [2.75, 3.05) is 79.3 Å². The van der Waals surface area contributed by atoms with Gasteiger partial charge in [0, 0.05) is 59.5 Å². The van der Waals surface area contributed by atoms with Crippen LogP contribution in [0.1, 0.15) is 127 Å². The van der Waals surface area contributed by atoms with Crippen molar-refractivity contribution in [1.29, 1.82) is 0 Å². The average Bonchev–Trinajstić information content (AvgIpc) is 3.98. The van der Waals surface area contributed by atoms with E-state index in [1.807, 2.05) is 0 Å². The number of hydrogen-bond donors (Lipinski definition) is 0. The molecule has 52 heavy (non-hydrogen) atoms. The van der Waals surface area contributed by atoms with Crippen LogP contribution in [0.5, 0.6) is 0 Å². The van der Waals surface area contributed by atoms with E-state index in [-0.39, 0.29) is 0 Å². The van der Waals surface area contributed by atoms with Gasteiger partial charge in [-0.1, -0.05) is 62.3 Å². The van der Waals surface area contributed by atoms with E-state index in [9.17, 15) is 0 Å². The van der Waals surface area contributed by atoms with Crippen LogP contribution in [0, 0.1) is 87.8 Å². The first-order chi connectivity index (χ1) is 24.8. The highest BCUT2D eigenvalue weighted by Gasteiger charge is 2.53. The van der Waals surface area contributed by atoms with Gasteiger partial charge in [0.05, 0.1) is 19.8 Å². The van der Waals surface area contributed by atoms with E-state index in [2.05, 4.69) is 62.3 Å². The highest BCUT2D eigenvalue weighted by atomic mass is 16.5. The van der Waals surface area contributed by atoms with Crippen molar-refractivity contribution < 1.29 is 28.4 Å². The maximum absolute atomic E-state index is 5.58. The van der Waals surface area contributed by atoms with Crippen LogP contribution in [0.25, 0.3) is 0 Å². The van der Waals surface area contributed by atoms with Gasteiger partial charge in [0.1, 0.15) is 0 Å². The Kier molecular flexibility index (Phi) is 16.7. The molecule has 4 saturated carbocycles. The molecule has 0 aromatic heterocycles. The van der Waals surface area contributed by atoms with Crippen molar-refractivity contribution in [3.8, 4) is 0 Å². The minimum atomic E-state index is 0.431. The third-order valence-electron chi connectivity index (χ3n) is 15.6. The molecule has 0 aromatic carbocycles. The van der Waals surface area contributed by atoms with Crippen molar-refractivity contribution in [2.24, 2.45) is 87.8 Å². The zero-order valence-electron chi connectivity index (χ0n) is 35.5. The summed E-state index contributed by atoms with van der Waals surface area (Å²) in [5.74, 6) is 12.6. The van der Waals surface area contributed by atoms with E-state index >= 15 is 0 Å². The van der Waals surface area contributed by atoms with Crippen molar-refractivity contribution in [3.63, 3.8) is 0 Å². The molecule has 10 aliphatic rings. The second-order valence-electron chi connectivity index (χ2n) is 20.7. The Hall–Kier alpha value is -0.240. The average molecular weight is 733 g/mol. The summed E-state index contributed by atoms with van der Waals surface area (Å²) in [7, 11) is 0. The van der Waals surface area contributed by atoms with Crippen LogP contribution in [0.4, 0.5) is 0 Å². The lowest BCUT2D eigenvalue weighted by Crippen LogP contribution is -2.34. The highest BCUT2D eigenvalue weighted by molar-refractivity contribution is 5.01. The molecule has 10 fully saturated rings. The molecule has 0 spiro atoms. The molecule has 6 saturated heterocycles. The van der Waals surface area contributed by atoms with Gasteiger partial charge in [0.2, 0.25) is 0 Å². The minimum absolute atomic E-state index is 0.431. The van der Waals surface area contributed by atoms with Crippen LogP contribution < -0.4 is 0 Å². The fourth-order valence-electron chi connectivity index (χ4n) is 11.1. The fraction of sp³-hybridized carbons (Fsp3) is 1.00. The summed E-state index contributed by atoms with van der Waals surface area (Å²) >= 11 is 0. The lowest BCUT2D eigenvalue weighted by atomic mass is 9.73. The second-order valence-corrected chi connectivity index (χ2v) is 20.7. The molecule has 6 aliphatic heterocycles. The monoisotopic (exact) mass is 733 g/mol. The summed E-state index contributed by atoms with van der Waals surface area (Å²) in [4.78, 5) is 0. The number of ether oxygens (including phenoxy) is 6. The van der Waals surface area contributed by atoms with E-state index in [0.29, 0.717) is 10.8 Å². The van der Waals surface area contributed by atoms with Gasteiger partial charge in [-0.2, -0.15) is 0 Å². The smallest absolute Gasteiger partial charge is 0.0520 e. The number of rotatable bonds is 0. The predicted octanol–water partition coefficient (Wildman–Crippen LogP) is 10.2. The van der Waals surface area contributed by atoms with Gasteiger partial charge in [-0.25, -0.2) is 0 Å². The molecule has 12 atom stereocenters. The Bertz CT molecular complexity index is 993. The predicted molar refractivity (Wildman–Crippen MR) is 212 cm³/mol. The van der Waals surface area contributed by atoms with Crippen LogP contribution in [-0.4, -0.2) is 79.3 Å². The van der Waals surface area contributed by atoms with Crippen molar-refractivity contribution in [2.45, 2.75) is 127 Å². The molecular formula is C46H84O6. The van der Waals surface area contributed by atoms with E-state index in [1.165, 1.54) is 64.2 Å². The van der Waals surface area contributed by atoms with Crippen molar-refractivity contribution in [1.82, 2.24) is 0 Å². The van der Waals surface area contributed by atoms with Gasteiger partial charge >= 0.3 is 0 Å². The molecule has 304 valence electrons. The maximum atomic E-state index is 5.58. The molecule has 12 unspecified atom stereocenters. The summed E-state index contributed by atoms with van der Waals surface area (Å²) in [6.45, 7) is 32.8. The zero-order valence-corrected chi connectivity index (χ0v) is 35.5. The summed E-state index contributed by atoms with van der Waals surface area (Å²) in [5.41, 5.74) is 0.984. The van der Waals surface area contributed by atoms with Gasteiger partial charge in [0.15, 0.2) is 0 Å². The van der Waals surface area contributed by atoms with Crippen LogP contribution in [-0.2, 0) is 28.4 Å². The van der Waals surface area contributed by atoms with Gasteiger partial charge < -0.3 is 28.4 Å². The molecule has 0 radical (unpaired) electrons. The molecule has 0 N–H and O–H groups in total. The van der Waals surface area contributed by atoms with Gasteiger partial charge in [0.25, 0.3) is 0 Å². The molecule has 6 heteroatoms. The molecule has 6 heterocycles. The van der Waals surface area contributed by atoms with Gasteiger partial charge in [-0.15, -0.1) is 0 Å². The third-order valence-corrected chi connectivity index (χ3v) is 15.6. The Labute approximate surface area is 321 Å². The lowest BCUT2D eigenvalue weighted by molar-refractivity contribution is -0.0181. The fourth-order valence-corrected chi connectivity index (χ4v) is 11.1. The van der Waals surface area contributed by atoms with Gasteiger partial charge in [-0.3, -0.25) is 0 Å². The van der Waals surface area contributed by atoms with E-state index < -0.39 is 0 Å². The SMILES string of the molecule is CC1(C)CCOCC1.CC1CC2CC1C1COCC21.CC1CC2CC1C1COCCC21.CC1CCOC1.CC1CCOCC1.CC1COCC1(C)C. The van der Waals surface area contributed by atoms with Crippen molar-refractivity contribution in [3.05, 3.63) is 0 Å². The third kappa shape index (κ3) is 12.1. The first-order valence-corrected chi connectivity index (χ1v) is 22.3. The maximum Gasteiger partial charge on any atom is 0.0520 e. The topological polar surface area (TPSA) is 55.4 Å². The summed E-state index contributed by atoms with van der Waals surface area (Å²) in [5, 5.41) is 0. The standard InChI is InChI=1S/C11H18O.C10H16O.2C7H14O.C6H12O.C5H10O/c1-7-4-8-5-10(7)11-6-12-3-2-9(8)11;1-6-2-7-3-8(6)10-5-11-4-9(7)10;1-6-4-8-5-7(6,2)3;1-7(2)3-5-8-6-4-7;1-6-2-4-7-5-3-6;1-5-2-3-6-4-5/h7-11H,2-6H2,1H3;6-10H,2-5H2,1H3;6H,4-5H2,1-3H3;3-6H2,1-2H3;6H,2-5H2,1H3;5H,2-4H2,1H3. The largest absolute Gasteiger partial charge is 0.381 e. The van der Waals surface area contributed by atoms with E-state index in [0.717, 1.165) is 156 Å². The Morgan fingerprint density at radius 1 is 0.404 bits per heavy atom. The Morgan fingerprint density at radius 2 is 0.904 bits per heavy atom. The van der Waals surface area contributed by atoms with Crippen LogP contribution >= 0.6 is 0 Å². The normalized spacial score (nSPS) is 43.1. The molecule has 4 aliphatic carbocycles.